The van der Waals surface area contributed by atoms with Crippen LogP contribution in [0.25, 0.3) is 11.1 Å². The lowest BCUT2D eigenvalue weighted by Crippen LogP contribution is -2.18. The molecule has 3 rings (SSSR count). The highest BCUT2D eigenvalue weighted by molar-refractivity contribution is 9.09. The van der Waals surface area contributed by atoms with Crippen LogP contribution in [-0.4, -0.2) is 21.6 Å². The topological polar surface area (TPSA) is 40.5 Å². The van der Waals surface area contributed by atoms with Gasteiger partial charge in [-0.25, -0.2) is 0 Å². The molecule has 2 aromatic carbocycles. The van der Waals surface area contributed by atoms with E-state index in [9.17, 15) is 10.2 Å². The normalized spacial score (nSPS) is 15.6. The minimum absolute atomic E-state index is 0.540. The predicted octanol–water partition coefficient (Wildman–Crippen LogP) is 3.44. The van der Waals surface area contributed by atoms with Crippen molar-refractivity contribution in [3.05, 3.63) is 59.2 Å². The molecule has 3 heteroatoms. The molecule has 0 bridgehead atoms. The second-order valence-electron chi connectivity index (χ2n) is 5.24. The molecule has 0 fully saturated rings. The molecule has 0 saturated heterocycles. The average molecular weight is 333 g/mol. The van der Waals surface area contributed by atoms with Crippen LogP contribution in [0.3, 0.4) is 0 Å². The molecule has 0 amide bonds. The third-order valence-corrected chi connectivity index (χ3v) is 4.39. The molecule has 0 radical (unpaired) electrons. The quantitative estimate of drug-likeness (QED) is 0.718. The van der Waals surface area contributed by atoms with Crippen LogP contribution in [-0.2, 0) is 6.42 Å². The molecule has 1 aliphatic carbocycles. The highest BCUT2D eigenvalue weighted by Gasteiger charge is 2.22. The molecular formula is C17H17BrO2. The summed E-state index contributed by atoms with van der Waals surface area (Å²) in [4.78, 5) is 0. The van der Waals surface area contributed by atoms with E-state index in [-0.39, 0.29) is 0 Å². The number of alkyl halides is 1. The van der Waals surface area contributed by atoms with E-state index in [1.54, 1.807) is 0 Å². The van der Waals surface area contributed by atoms with Crippen molar-refractivity contribution in [1.29, 1.82) is 0 Å². The van der Waals surface area contributed by atoms with Gasteiger partial charge in [-0.05, 0) is 40.7 Å². The maximum Gasteiger partial charge on any atom is 0.105 e. The molecule has 2 atom stereocenters. The Morgan fingerprint density at radius 1 is 1.00 bits per heavy atom. The van der Waals surface area contributed by atoms with E-state index in [2.05, 4.69) is 46.3 Å². The van der Waals surface area contributed by atoms with E-state index in [1.807, 2.05) is 12.1 Å². The van der Waals surface area contributed by atoms with E-state index < -0.39 is 12.2 Å². The lowest BCUT2D eigenvalue weighted by Gasteiger charge is -2.18. The van der Waals surface area contributed by atoms with Crippen LogP contribution in [0.15, 0.2) is 42.5 Å². The van der Waals surface area contributed by atoms with Crippen LogP contribution in [0.1, 0.15) is 29.2 Å². The Kier molecular flexibility index (Phi) is 3.92. The summed E-state index contributed by atoms with van der Waals surface area (Å²) in [5.74, 6) is 0. The number of benzene rings is 2. The van der Waals surface area contributed by atoms with Gasteiger partial charge in [0.05, 0.1) is 6.10 Å². The van der Waals surface area contributed by atoms with E-state index in [1.165, 1.54) is 22.3 Å². The Balaban J connectivity index is 1.91. The van der Waals surface area contributed by atoms with Gasteiger partial charge in [0.1, 0.15) is 6.10 Å². The molecule has 0 heterocycles. The minimum Gasteiger partial charge on any atom is -0.390 e. The molecule has 2 unspecified atom stereocenters. The van der Waals surface area contributed by atoms with Gasteiger partial charge in [0.25, 0.3) is 0 Å². The molecule has 2 aromatic rings. The largest absolute Gasteiger partial charge is 0.390 e. The van der Waals surface area contributed by atoms with Crippen molar-refractivity contribution in [3.8, 4) is 11.1 Å². The fraction of sp³-hybridized carbons (Fsp3) is 0.294. The molecule has 0 aliphatic heterocycles. The van der Waals surface area contributed by atoms with Crippen LogP contribution in [0, 0.1) is 0 Å². The molecule has 2 nitrogen and oxygen atoms in total. The number of fused-ring (bicyclic) bond motifs is 3. The van der Waals surface area contributed by atoms with Crippen molar-refractivity contribution in [1.82, 2.24) is 0 Å². The summed E-state index contributed by atoms with van der Waals surface area (Å²) in [6, 6.07) is 14.4. The summed E-state index contributed by atoms with van der Waals surface area (Å²) in [5, 5.41) is 20.8. The van der Waals surface area contributed by atoms with E-state index >= 15 is 0 Å². The lowest BCUT2D eigenvalue weighted by atomic mass is 9.97. The summed E-state index contributed by atoms with van der Waals surface area (Å²) in [6.07, 6.45) is -0.100. The van der Waals surface area contributed by atoms with Gasteiger partial charge in [0.2, 0.25) is 0 Å². The maximum absolute atomic E-state index is 10.2. The number of hydrogen-bond donors (Lipinski definition) is 2. The summed E-state index contributed by atoms with van der Waals surface area (Å²) >= 11 is 3.29. The Morgan fingerprint density at radius 2 is 1.75 bits per heavy atom. The van der Waals surface area contributed by atoms with Crippen LogP contribution >= 0.6 is 15.9 Å². The van der Waals surface area contributed by atoms with Gasteiger partial charge in [-0.15, -0.1) is 0 Å². The smallest absolute Gasteiger partial charge is 0.105 e. The summed E-state index contributed by atoms with van der Waals surface area (Å²) in [7, 11) is 0. The predicted molar refractivity (Wildman–Crippen MR) is 84.1 cm³/mol. The molecule has 0 spiro atoms. The van der Waals surface area contributed by atoms with Gasteiger partial charge in [-0.3, -0.25) is 0 Å². The monoisotopic (exact) mass is 332 g/mol. The lowest BCUT2D eigenvalue weighted by molar-refractivity contribution is 0.0173. The first-order chi connectivity index (χ1) is 9.70. The zero-order valence-electron chi connectivity index (χ0n) is 11.1. The number of aliphatic hydroxyl groups is 2. The molecule has 0 saturated carbocycles. The van der Waals surface area contributed by atoms with Gasteiger partial charge in [0.15, 0.2) is 0 Å². The van der Waals surface area contributed by atoms with Gasteiger partial charge in [-0.1, -0.05) is 58.4 Å². The first kappa shape index (κ1) is 13.8. The number of halogens is 1. The second-order valence-corrected chi connectivity index (χ2v) is 6.03. The highest BCUT2D eigenvalue weighted by Crippen LogP contribution is 2.37. The van der Waals surface area contributed by atoms with Crippen LogP contribution < -0.4 is 0 Å². The molecule has 0 aromatic heterocycles. The Bertz CT molecular complexity index is 624. The third kappa shape index (κ3) is 2.41. The maximum atomic E-state index is 10.2. The minimum atomic E-state index is -0.818. The molecular weight excluding hydrogens is 316 g/mol. The van der Waals surface area contributed by atoms with Gasteiger partial charge in [-0.2, -0.15) is 0 Å². The zero-order valence-corrected chi connectivity index (χ0v) is 12.7. The number of aliphatic hydroxyl groups excluding tert-OH is 2. The molecule has 20 heavy (non-hydrogen) atoms. The Hall–Kier alpha value is -1.16. The van der Waals surface area contributed by atoms with E-state index in [0.717, 1.165) is 12.0 Å². The molecule has 2 N–H and O–H groups in total. The van der Waals surface area contributed by atoms with Crippen molar-refractivity contribution >= 4 is 15.9 Å². The van der Waals surface area contributed by atoms with Gasteiger partial charge < -0.3 is 10.2 Å². The van der Waals surface area contributed by atoms with Crippen LogP contribution in [0.5, 0.6) is 0 Å². The Labute approximate surface area is 127 Å². The van der Waals surface area contributed by atoms with E-state index in [4.69, 9.17) is 0 Å². The fourth-order valence-electron chi connectivity index (χ4n) is 2.84. The van der Waals surface area contributed by atoms with Crippen molar-refractivity contribution in [2.24, 2.45) is 0 Å². The zero-order chi connectivity index (χ0) is 14.1. The summed E-state index contributed by atoms with van der Waals surface area (Å²) in [5.41, 5.74) is 5.88. The van der Waals surface area contributed by atoms with Crippen molar-refractivity contribution in [3.63, 3.8) is 0 Å². The summed E-state index contributed by atoms with van der Waals surface area (Å²) in [6.45, 7) is 0. The van der Waals surface area contributed by atoms with Crippen molar-refractivity contribution in [2.75, 3.05) is 5.33 Å². The van der Waals surface area contributed by atoms with Gasteiger partial charge in [0, 0.05) is 5.33 Å². The van der Waals surface area contributed by atoms with E-state index in [0.29, 0.717) is 11.8 Å². The first-order valence-electron chi connectivity index (χ1n) is 6.84. The average Bonchev–Trinajstić information content (AvgIpc) is 2.84. The molecule has 1 aliphatic rings. The first-order valence-corrected chi connectivity index (χ1v) is 7.96. The number of rotatable bonds is 4. The third-order valence-electron chi connectivity index (χ3n) is 3.93. The second kappa shape index (κ2) is 5.68. The fourth-order valence-corrected chi connectivity index (χ4v) is 3.31. The standard InChI is InChI=1S/C17H17BrO2/c18-8-7-16(19)17(20)12-5-6-15-13(10-12)9-11-3-1-2-4-14(11)15/h1-6,10,16-17,19-20H,7-9H2. The molecule has 104 valence electrons. The van der Waals surface area contributed by atoms with Crippen molar-refractivity contribution in [2.45, 2.75) is 25.0 Å². The Morgan fingerprint density at radius 3 is 2.55 bits per heavy atom. The highest BCUT2D eigenvalue weighted by atomic mass is 79.9. The van der Waals surface area contributed by atoms with Gasteiger partial charge >= 0.3 is 0 Å². The van der Waals surface area contributed by atoms with Crippen LogP contribution in [0.2, 0.25) is 0 Å². The SMILES string of the molecule is OC(CCBr)C(O)c1ccc2c(c1)Cc1ccccc1-2. The van der Waals surface area contributed by atoms with Crippen molar-refractivity contribution < 1.29 is 10.2 Å². The summed E-state index contributed by atoms with van der Waals surface area (Å²) < 4.78 is 0. The van der Waals surface area contributed by atoms with Crippen LogP contribution in [0.4, 0.5) is 0 Å². The number of hydrogen-bond acceptors (Lipinski definition) is 2.